The molecular weight excluding hydrogens is 330 g/mol. The normalized spacial score (nSPS) is 16.4. The van der Waals surface area contributed by atoms with Gasteiger partial charge in [0.1, 0.15) is 17.6 Å². The molecule has 2 aromatic rings. The van der Waals surface area contributed by atoms with Crippen LogP contribution in [0.2, 0.25) is 0 Å². The third-order valence-corrected chi connectivity index (χ3v) is 6.11. The molecule has 130 valence electrons. The molecule has 4 nitrogen and oxygen atoms in total. The molecule has 0 fully saturated rings. The van der Waals surface area contributed by atoms with Crippen molar-refractivity contribution in [3.05, 3.63) is 50.9 Å². The summed E-state index contributed by atoms with van der Waals surface area (Å²) in [4.78, 5) is 15.5. The molecule has 1 aliphatic heterocycles. The standard InChI is InChI=1S/C20H23N3OS/c1-12(2)23-8-7-15-17(10-21)20(25-18(15)11-23)22-19(24)16-9-13(3)5-6-14(16)4/h5-6,9,12H,7-8,11H2,1-4H3,(H,22,24)/p+1. The summed E-state index contributed by atoms with van der Waals surface area (Å²) >= 11 is 1.57. The number of benzene rings is 1. The Balaban J connectivity index is 1.90. The maximum Gasteiger partial charge on any atom is 0.256 e. The van der Waals surface area contributed by atoms with Gasteiger partial charge in [0, 0.05) is 12.0 Å². The number of nitrogens with zero attached hydrogens (tertiary/aromatic N) is 1. The average Bonchev–Trinajstić information content (AvgIpc) is 2.92. The zero-order valence-corrected chi connectivity index (χ0v) is 16.0. The van der Waals surface area contributed by atoms with Gasteiger partial charge < -0.3 is 10.2 Å². The van der Waals surface area contributed by atoms with E-state index in [1.54, 1.807) is 11.3 Å². The van der Waals surface area contributed by atoms with Gasteiger partial charge in [-0.2, -0.15) is 5.26 Å². The van der Waals surface area contributed by atoms with Crippen LogP contribution < -0.4 is 10.2 Å². The van der Waals surface area contributed by atoms with Gasteiger partial charge in [-0.1, -0.05) is 17.7 Å². The minimum absolute atomic E-state index is 0.135. The van der Waals surface area contributed by atoms with Crippen molar-refractivity contribution in [3.63, 3.8) is 0 Å². The monoisotopic (exact) mass is 354 g/mol. The first-order valence-corrected chi connectivity index (χ1v) is 9.50. The van der Waals surface area contributed by atoms with E-state index in [4.69, 9.17) is 0 Å². The predicted octanol–water partition coefficient (Wildman–Crippen LogP) is 2.84. The van der Waals surface area contributed by atoms with Crippen LogP contribution in [-0.4, -0.2) is 18.5 Å². The summed E-state index contributed by atoms with van der Waals surface area (Å²) in [6.07, 6.45) is 0.904. The number of carbonyl (C=O) groups is 1. The van der Waals surface area contributed by atoms with E-state index in [-0.39, 0.29) is 5.91 Å². The second-order valence-electron chi connectivity index (χ2n) is 7.08. The molecule has 25 heavy (non-hydrogen) atoms. The third kappa shape index (κ3) is 3.46. The van der Waals surface area contributed by atoms with E-state index in [1.807, 2.05) is 32.0 Å². The van der Waals surface area contributed by atoms with Crippen molar-refractivity contribution in [2.75, 3.05) is 11.9 Å². The minimum Gasteiger partial charge on any atom is -0.328 e. The maximum atomic E-state index is 12.7. The number of fused-ring (bicyclic) bond motifs is 1. The van der Waals surface area contributed by atoms with Crippen LogP contribution in [0, 0.1) is 25.2 Å². The Kier molecular flexibility index (Phi) is 4.94. The molecule has 3 rings (SSSR count). The lowest BCUT2D eigenvalue weighted by molar-refractivity contribution is -0.936. The van der Waals surface area contributed by atoms with E-state index in [2.05, 4.69) is 25.2 Å². The second-order valence-corrected chi connectivity index (χ2v) is 8.19. The number of aryl methyl sites for hydroxylation is 2. The van der Waals surface area contributed by atoms with Crippen molar-refractivity contribution >= 4 is 22.2 Å². The number of hydrogen-bond acceptors (Lipinski definition) is 3. The van der Waals surface area contributed by atoms with E-state index < -0.39 is 0 Å². The fourth-order valence-corrected chi connectivity index (χ4v) is 4.60. The van der Waals surface area contributed by atoms with Gasteiger partial charge in [-0.3, -0.25) is 4.79 Å². The van der Waals surface area contributed by atoms with E-state index in [0.717, 1.165) is 36.2 Å². The maximum absolute atomic E-state index is 12.7. The molecule has 2 heterocycles. The topological polar surface area (TPSA) is 57.3 Å². The molecule has 1 aromatic carbocycles. The minimum atomic E-state index is -0.135. The van der Waals surface area contributed by atoms with Crippen LogP contribution in [0.3, 0.4) is 0 Å². The van der Waals surface area contributed by atoms with Crippen LogP contribution in [0.15, 0.2) is 18.2 Å². The number of anilines is 1. The summed E-state index contributed by atoms with van der Waals surface area (Å²) in [6, 6.07) is 8.74. The number of quaternary nitrogens is 1. The molecule has 0 aliphatic carbocycles. The highest BCUT2D eigenvalue weighted by Gasteiger charge is 2.28. The van der Waals surface area contributed by atoms with Crippen molar-refractivity contribution < 1.29 is 9.69 Å². The lowest BCUT2D eigenvalue weighted by atomic mass is 10.0. The van der Waals surface area contributed by atoms with Gasteiger partial charge in [-0.25, -0.2) is 0 Å². The molecule has 2 N–H and O–H groups in total. The van der Waals surface area contributed by atoms with Gasteiger partial charge in [-0.15, -0.1) is 11.3 Å². The quantitative estimate of drug-likeness (QED) is 0.890. The molecule has 5 heteroatoms. The number of thiophene rings is 1. The third-order valence-electron chi connectivity index (χ3n) is 4.97. The highest BCUT2D eigenvalue weighted by Crippen LogP contribution is 2.34. The Morgan fingerprint density at radius 1 is 1.36 bits per heavy atom. The zero-order valence-electron chi connectivity index (χ0n) is 15.2. The Morgan fingerprint density at radius 2 is 2.12 bits per heavy atom. The number of nitriles is 1. The van der Waals surface area contributed by atoms with Crippen molar-refractivity contribution in [2.24, 2.45) is 0 Å². The number of amides is 1. The average molecular weight is 354 g/mol. The fraction of sp³-hybridized carbons (Fsp3) is 0.400. The summed E-state index contributed by atoms with van der Waals surface area (Å²) in [5, 5.41) is 13.3. The zero-order chi connectivity index (χ0) is 18.1. The molecule has 1 atom stereocenters. The molecule has 1 aromatic heterocycles. The second kappa shape index (κ2) is 6.99. The van der Waals surface area contributed by atoms with E-state index in [1.165, 1.54) is 9.78 Å². The van der Waals surface area contributed by atoms with Crippen molar-refractivity contribution in [1.82, 2.24) is 0 Å². The Labute approximate surface area is 153 Å². The first kappa shape index (κ1) is 17.7. The van der Waals surface area contributed by atoms with Gasteiger partial charge in [-0.05, 0) is 44.9 Å². The summed E-state index contributed by atoms with van der Waals surface area (Å²) in [5.74, 6) is -0.135. The highest BCUT2D eigenvalue weighted by atomic mass is 32.1. The first-order chi connectivity index (χ1) is 11.9. The first-order valence-electron chi connectivity index (χ1n) is 8.68. The summed E-state index contributed by atoms with van der Waals surface area (Å²) in [5.41, 5.74) is 4.45. The van der Waals surface area contributed by atoms with Gasteiger partial charge in [0.05, 0.1) is 23.0 Å². The Morgan fingerprint density at radius 3 is 2.80 bits per heavy atom. The Bertz CT molecular complexity index is 861. The molecule has 0 bridgehead atoms. The Hall–Kier alpha value is -2.16. The van der Waals surface area contributed by atoms with E-state index >= 15 is 0 Å². The summed E-state index contributed by atoms with van der Waals surface area (Å²) < 4.78 is 0. The number of rotatable bonds is 3. The molecule has 1 unspecified atom stereocenters. The van der Waals surface area contributed by atoms with Gasteiger partial charge in [0.25, 0.3) is 5.91 Å². The van der Waals surface area contributed by atoms with Crippen LogP contribution in [0.4, 0.5) is 5.00 Å². The fourth-order valence-electron chi connectivity index (χ4n) is 3.35. The molecule has 1 aliphatic rings. The highest BCUT2D eigenvalue weighted by molar-refractivity contribution is 7.16. The van der Waals surface area contributed by atoms with Crippen LogP contribution in [0.1, 0.15) is 51.3 Å². The van der Waals surface area contributed by atoms with Crippen LogP contribution >= 0.6 is 11.3 Å². The molecular formula is C20H24N3OS+. The number of nitrogens with one attached hydrogen (secondary N) is 2. The van der Waals surface area contributed by atoms with E-state index in [0.29, 0.717) is 22.2 Å². The molecule has 1 amide bonds. The number of hydrogen-bond donors (Lipinski definition) is 2. The molecule has 0 saturated carbocycles. The molecule has 0 radical (unpaired) electrons. The predicted molar refractivity (Wildman–Crippen MR) is 101 cm³/mol. The summed E-state index contributed by atoms with van der Waals surface area (Å²) in [6.45, 7) is 10.3. The van der Waals surface area contributed by atoms with Crippen LogP contribution in [0.25, 0.3) is 0 Å². The summed E-state index contributed by atoms with van der Waals surface area (Å²) in [7, 11) is 0. The lowest BCUT2D eigenvalue weighted by Gasteiger charge is -2.27. The smallest absolute Gasteiger partial charge is 0.256 e. The van der Waals surface area contributed by atoms with Gasteiger partial charge in [0.2, 0.25) is 0 Å². The largest absolute Gasteiger partial charge is 0.328 e. The van der Waals surface area contributed by atoms with Gasteiger partial charge in [0.15, 0.2) is 0 Å². The van der Waals surface area contributed by atoms with Gasteiger partial charge >= 0.3 is 0 Å². The molecule has 0 saturated heterocycles. The van der Waals surface area contributed by atoms with Crippen molar-refractivity contribution in [3.8, 4) is 6.07 Å². The number of carbonyl (C=O) groups excluding carboxylic acids is 1. The SMILES string of the molecule is Cc1ccc(C)c(C(=O)Nc2sc3c(c2C#N)CC[NH+](C(C)C)C3)c1. The van der Waals surface area contributed by atoms with Crippen LogP contribution in [0.5, 0.6) is 0 Å². The molecule has 0 spiro atoms. The van der Waals surface area contributed by atoms with Crippen LogP contribution in [-0.2, 0) is 13.0 Å². The van der Waals surface area contributed by atoms with Crippen molar-refractivity contribution in [2.45, 2.75) is 46.7 Å². The van der Waals surface area contributed by atoms with Crippen molar-refractivity contribution in [1.29, 1.82) is 5.26 Å². The van der Waals surface area contributed by atoms with E-state index in [9.17, 15) is 10.1 Å². The lowest BCUT2D eigenvalue weighted by Crippen LogP contribution is -3.14.